The van der Waals surface area contributed by atoms with Gasteiger partial charge in [-0.3, -0.25) is 4.79 Å². The van der Waals surface area contributed by atoms with E-state index >= 15 is 0 Å². The number of hydrogen-bond acceptors (Lipinski definition) is 7. The van der Waals surface area contributed by atoms with Crippen LogP contribution in [0.2, 0.25) is 0 Å². The van der Waals surface area contributed by atoms with Crippen molar-refractivity contribution in [3.63, 3.8) is 0 Å². The van der Waals surface area contributed by atoms with E-state index in [1.165, 1.54) is 24.6 Å². The monoisotopic (exact) mass is 363 g/mol. The molecule has 8 heteroatoms. The van der Waals surface area contributed by atoms with Crippen molar-refractivity contribution >= 4 is 17.7 Å². The minimum Gasteiger partial charge on any atom is -0.497 e. The summed E-state index contributed by atoms with van der Waals surface area (Å²) < 4.78 is 16.1. The van der Waals surface area contributed by atoms with Crippen molar-refractivity contribution in [3.05, 3.63) is 18.2 Å². The summed E-state index contributed by atoms with van der Waals surface area (Å²) in [4.78, 5) is 11.9. The Morgan fingerprint density at radius 3 is 2.56 bits per heavy atom. The molecule has 134 valence electrons. The Bertz CT molecular complexity index is 723. The largest absolute Gasteiger partial charge is 0.497 e. The first kappa shape index (κ1) is 17.6. The minimum absolute atomic E-state index is 0.0211. The SMILES string of the molecule is COc1cc(OC)cc(-c2nnc(SCC(=O)N[C@H](C)C3CC3)o2)c1. The molecule has 1 aromatic carbocycles. The molecule has 1 N–H and O–H groups in total. The molecule has 0 unspecified atom stereocenters. The number of carbonyl (C=O) groups excluding carboxylic acids is 1. The van der Waals surface area contributed by atoms with Crippen LogP contribution in [0.4, 0.5) is 0 Å². The van der Waals surface area contributed by atoms with Crippen molar-refractivity contribution in [2.45, 2.75) is 31.0 Å². The number of methoxy groups -OCH3 is 2. The molecule has 25 heavy (non-hydrogen) atoms. The van der Waals surface area contributed by atoms with Crippen LogP contribution >= 0.6 is 11.8 Å². The zero-order valence-electron chi connectivity index (χ0n) is 14.4. The summed E-state index contributed by atoms with van der Waals surface area (Å²) >= 11 is 1.22. The van der Waals surface area contributed by atoms with Crippen LogP contribution in [0.3, 0.4) is 0 Å². The van der Waals surface area contributed by atoms with Gasteiger partial charge in [-0.05, 0) is 37.8 Å². The first-order valence-electron chi connectivity index (χ1n) is 8.08. The zero-order chi connectivity index (χ0) is 17.8. The van der Waals surface area contributed by atoms with Crippen LogP contribution in [0.15, 0.2) is 27.8 Å². The zero-order valence-corrected chi connectivity index (χ0v) is 15.3. The van der Waals surface area contributed by atoms with Crippen LogP contribution in [-0.4, -0.2) is 42.1 Å². The molecule has 1 heterocycles. The van der Waals surface area contributed by atoms with Gasteiger partial charge in [-0.15, -0.1) is 10.2 Å². The quantitative estimate of drug-likeness (QED) is 0.722. The average molecular weight is 363 g/mol. The van der Waals surface area contributed by atoms with E-state index in [9.17, 15) is 4.79 Å². The van der Waals surface area contributed by atoms with Gasteiger partial charge in [0.1, 0.15) is 11.5 Å². The Kier molecular flexibility index (Phi) is 5.47. The molecule has 0 radical (unpaired) electrons. The molecule has 0 bridgehead atoms. The number of nitrogens with one attached hydrogen (secondary N) is 1. The maximum absolute atomic E-state index is 11.9. The van der Waals surface area contributed by atoms with Gasteiger partial charge < -0.3 is 19.2 Å². The molecule has 1 aliphatic carbocycles. The van der Waals surface area contributed by atoms with E-state index < -0.39 is 0 Å². The van der Waals surface area contributed by atoms with Crippen molar-refractivity contribution in [2.24, 2.45) is 5.92 Å². The van der Waals surface area contributed by atoms with E-state index in [2.05, 4.69) is 15.5 Å². The predicted octanol–water partition coefficient (Wildman–Crippen LogP) is 2.76. The van der Waals surface area contributed by atoms with Gasteiger partial charge in [0.25, 0.3) is 5.22 Å². The molecule has 1 aromatic heterocycles. The standard InChI is InChI=1S/C17H21N3O4S/c1-10(11-4-5-11)18-15(21)9-25-17-20-19-16(24-17)12-6-13(22-2)8-14(7-12)23-3/h6-8,10-11H,4-5,9H2,1-3H3,(H,18,21)/t10-/m1/s1. The van der Waals surface area contributed by atoms with Crippen molar-refractivity contribution in [1.29, 1.82) is 0 Å². The number of benzene rings is 1. The Morgan fingerprint density at radius 2 is 1.96 bits per heavy atom. The maximum atomic E-state index is 11.9. The highest BCUT2D eigenvalue weighted by atomic mass is 32.2. The Balaban J connectivity index is 1.61. The number of thioether (sulfide) groups is 1. The number of nitrogens with zero attached hydrogens (tertiary/aromatic N) is 2. The first-order chi connectivity index (χ1) is 12.1. The third kappa shape index (κ3) is 4.66. The van der Waals surface area contributed by atoms with Crippen LogP contribution in [0.25, 0.3) is 11.5 Å². The third-order valence-electron chi connectivity index (χ3n) is 4.05. The summed E-state index contributed by atoms with van der Waals surface area (Å²) in [7, 11) is 3.16. The normalized spacial score (nSPS) is 14.8. The minimum atomic E-state index is -0.0211. The van der Waals surface area contributed by atoms with E-state index in [1.54, 1.807) is 32.4 Å². The molecule has 2 aromatic rings. The van der Waals surface area contributed by atoms with Crippen LogP contribution in [-0.2, 0) is 4.79 Å². The van der Waals surface area contributed by atoms with Gasteiger partial charge >= 0.3 is 0 Å². The second-order valence-electron chi connectivity index (χ2n) is 5.96. The van der Waals surface area contributed by atoms with Crippen molar-refractivity contribution in [3.8, 4) is 23.0 Å². The molecule has 1 aliphatic rings. The summed E-state index contributed by atoms with van der Waals surface area (Å²) in [5.41, 5.74) is 0.697. The lowest BCUT2D eigenvalue weighted by Gasteiger charge is -2.11. The van der Waals surface area contributed by atoms with Crippen molar-refractivity contribution in [1.82, 2.24) is 15.5 Å². The average Bonchev–Trinajstić information content (AvgIpc) is 3.37. The second kappa shape index (κ2) is 7.77. The number of carbonyl (C=O) groups is 1. The highest BCUT2D eigenvalue weighted by Gasteiger charge is 2.28. The highest BCUT2D eigenvalue weighted by molar-refractivity contribution is 7.99. The molecule has 0 saturated heterocycles. The topological polar surface area (TPSA) is 86.5 Å². The van der Waals surface area contributed by atoms with Gasteiger partial charge in [-0.2, -0.15) is 0 Å². The summed E-state index contributed by atoms with van der Waals surface area (Å²) in [5.74, 6) is 2.48. The second-order valence-corrected chi connectivity index (χ2v) is 6.88. The van der Waals surface area contributed by atoms with E-state index in [0.29, 0.717) is 34.1 Å². The van der Waals surface area contributed by atoms with Gasteiger partial charge in [-0.25, -0.2) is 0 Å². The van der Waals surface area contributed by atoms with E-state index in [0.717, 1.165) is 0 Å². The van der Waals surface area contributed by atoms with E-state index in [4.69, 9.17) is 13.9 Å². The van der Waals surface area contributed by atoms with Crippen molar-refractivity contribution in [2.75, 3.05) is 20.0 Å². The maximum Gasteiger partial charge on any atom is 0.277 e. The van der Waals surface area contributed by atoms with E-state index in [-0.39, 0.29) is 17.7 Å². The van der Waals surface area contributed by atoms with Gasteiger partial charge in [-0.1, -0.05) is 11.8 Å². The third-order valence-corrected chi connectivity index (χ3v) is 4.87. The van der Waals surface area contributed by atoms with Gasteiger partial charge in [0.05, 0.1) is 20.0 Å². The number of ether oxygens (including phenoxy) is 2. The number of rotatable bonds is 8. The predicted molar refractivity (Wildman–Crippen MR) is 93.9 cm³/mol. The Morgan fingerprint density at radius 1 is 1.28 bits per heavy atom. The molecule has 1 saturated carbocycles. The number of amides is 1. The summed E-state index contributed by atoms with van der Waals surface area (Å²) in [5, 5.41) is 11.4. The molecule has 0 aliphatic heterocycles. The number of aromatic nitrogens is 2. The molecule has 1 atom stereocenters. The molecule has 7 nitrogen and oxygen atoms in total. The van der Waals surface area contributed by atoms with E-state index in [1.807, 2.05) is 6.92 Å². The lowest BCUT2D eigenvalue weighted by Crippen LogP contribution is -2.35. The molecule has 1 fully saturated rings. The highest BCUT2D eigenvalue weighted by Crippen LogP contribution is 2.32. The van der Waals surface area contributed by atoms with Crippen LogP contribution in [0.1, 0.15) is 19.8 Å². The van der Waals surface area contributed by atoms with Crippen LogP contribution < -0.4 is 14.8 Å². The summed E-state index contributed by atoms with van der Waals surface area (Å²) in [6.45, 7) is 2.04. The summed E-state index contributed by atoms with van der Waals surface area (Å²) in [6.07, 6.45) is 2.40. The smallest absolute Gasteiger partial charge is 0.277 e. The molecular weight excluding hydrogens is 342 g/mol. The van der Waals surface area contributed by atoms with Crippen LogP contribution in [0, 0.1) is 5.92 Å². The fourth-order valence-corrected chi connectivity index (χ4v) is 3.03. The fraction of sp³-hybridized carbons (Fsp3) is 0.471. The summed E-state index contributed by atoms with van der Waals surface area (Å²) in [6, 6.07) is 5.57. The van der Waals surface area contributed by atoms with Gasteiger partial charge in [0, 0.05) is 17.7 Å². The first-order valence-corrected chi connectivity index (χ1v) is 9.06. The number of hydrogen-bond donors (Lipinski definition) is 1. The molecule has 0 spiro atoms. The van der Waals surface area contributed by atoms with Gasteiger partial charge in [0.2, 0.25) is 11.8 Å². The van der Waals surface area contributed by atoms with Crippen LogP contribution in [0.5, 0.6) is 11.5 Å². The molecule has 3 rings (SSSR count). The lowest BCUT2D eigenvalue weighted by atomic mass is 10.2. The Hall–Kier alpha value is -2.22. The molecule has 1 amide bonds. The Labute approximate surface area is 150 Å². The van der Waals surface area contributed by atoms with Crippen molar-refractivity contribution < 1.29 is 18.7 Å². The fourth-order valence-electron chi connectivity index (χ4n) is 2.45. The van der Waals surface area contributed by atoms with Gasteiger partial charge in [0.15, 0.2) is 0 Å². The molecular formula is C17H21N3O4S. The lowest BCUT2D eigenvalue weighted by molar-refractivity contribution is -0.119.